The van der Waals surface area contributed by atoms with Gasteiger partial charge in [0.05, 0.1) is 16.7 Å². The van der Waals surface area contributed by atoms with E-state index >= 15 is 0 Å². The average molecular weight is 402 g/mol. The molecule has 0 bridgehead atoms. The second-order valence-corrected chi connectivity index (χ2v) is 9.26. The first kappa shape index (κ1) is 20.4. The Balaban J connectivity index is 1.57. The minimum absolute atomic E-state index is 0.133. The minimum Gasteiger partial charge on any atom is -0.331 e. The zero-order valence-corrected chi connectivity index (χ0v) is 16.8. The average Bonchev–Trinajstić information content (AvgIpc) is 2.69. The zero-order chi connectivity index (χ0) is 20.0. The SMILES string of the molecule is C[C@H](NC(=O)Nc1ccc(S(=O)(=O)CC2CCNCC2)cc1)c1ccccc1. The highest BCUT2D eigenvalue weighted by Gasteiger charge is 2.23. The molecule has 1 fully saturated rings. The Bertz CT molecular complexity index is 877. The molecule has 0 aliphatic carbocycles. The molecule has 0 saturated carbocycles. The van der Waals surface area contributed by atoms with Crippen LogP contribution in [0.1, 0.15) is 31.4 Å². The van der Waals surface area contributed by atoms with E-state index in [9.17, 15) is 13.2 Å². The number of urea groups is 1. The fourth-order valence-electron chi connectivity index (χ4n) is 3.39. The van der Waals surface area contributed by atoms with Crippen LogP contribution in [0.4, 0.5) is 10.5 Å². The molecule has 2 aromatic rings. The molecule has 6 nitrogen and oxygen atoms in total. The number of hydrogen-bond donors (Lipinski definition) is 3. The maximum atomic E-state index is 12.6. The van der Waals surface area contributed by atoms with Crippen molar-refractivity contribution in [3.05, 3.63) is 60.2 Å². The van der Waals surface area contributed by atoms with Crippen LogP contribution in [-0.2, 0) is 9.84 Å². The lowest BCUT2D eigenvalue weighted by molar-refractivity contribution is 0.249. The number of amides is 2. The molecule has 3 N–H and O–H groups in total. The zero-order valence-electron chi connectivity index (χ0n) is 16.0. The largest absolute Gasteiger partial charge is 0.331 e. The number of rotatable bonds is 6. The van der Waals surface area contributed by atoms with E-state index in [-0.39, 0.29) is 23.7 Å². The van der Waals surface area contributed by atoms with Crippen molar-refractivity contribution < 1.29 is 13.2 Å². The molecule has 0 aromatic heterocycles. The van der Waals surface area contributed by atoms with Crippen LogP contribution >= 0.6 is 0 Å². The second kappa shape index (κ2) is 9.21. The van der Waals surface area contributed by atoms with Gasteiger partial charge in [0.15, 0.2) is 9.84 Å². The van der Waals surface area contributed by atoms with Crippen molar-refractivity contribution >= 4 is 21.6 Å². The number of nitrogens with one attached hydrogen (secondary N) is 3. The maximum absolute atomic E-state index is 12.6. The summed E-state index contributed by atoms with van der Waals surface area (Å²) >= 11 is 0. The van der Waals surface area contributed by atoms with Gasteiger partial charge in [-0.1, -0.05) is 30.3 Å². The molecule has 0 unspecified atom stereocenters. The van der Waals surface area contributed by atoms with Gasteiger partial charge >= 0.3 is 6.03 Å². The van der Waals surface area contributed by atoms with Gasteiger partial charge in [-0.2, -0.15) is 0 Å². The number of anilines is 1. The normalized spacial score (nSPS) is 16.3. The van der Waals surface area contributed by atoms with Crippen LogP contribution < -0.4 is 16.0 Å². The van der Waals surface area contributed by atoms with Crippen LogP contribution in [0.5, 0.6) is 0 Å². The first-order valence-corrected chi connectivity index (χ1v) is 11.3. The highest BCUT2D eigenvalue weighted by Crippen LogP contribution is 2.21. The molecule has 1 saturated heterocycles. The molecule has 28 heavy (non-hydrogen) atoms. The van der Waals surface area contributed by atoms with Crippen molar-refractivity contribution in [1.82, 2.24) is 10.6 Å². The maximum Gasteiger partial charge on any atom is 0.319 e. The Kier molecular flexibility index (Phi) is 6.70. The third kappa shape index (κ3) is 5.56. The van der Waals surface area contributed by atoms with E-state index in [0.29, 0.717) is 10.6 Å². The minimum atomic E-state index is -3.32. The lowest BCUT2D eigenvalue weighted by Crippen LogP contribution is -2.31. The molecule has 7 heteroatoms. The number of piperidine rings is 1. The van der Waals surface area contributed by atoms with Crippen LogP contribution in [0.3, 0.4) is 0 Å². The van der Waals surface area contributed by atoms with Gasteiger partial charge in [0, 0.05) is 5.69 Å². The Labute approximate surface area is 166 Å². The molecule has 150 valence electrons. The molecule has 2 amide bonds. The van der Waals surface area contributed by atoms with Crippen molar-refractivity contribution in [2.24, 2.45) is 5.92 Å². The van der Waals surface area contributed by atoms with E-state index in [1.54, 1.807) is 24.3 Å². The summed E-state index contributed by atoms with van der Waals surface area (Å²) in [5, 5.41) is 8.87. The van der Waals surface area contributed by atoms with Crippen molar-refractivity contribution in [1.29, 1.82) is 0 Å². The number of sulfone groups is 1. The van der Waals surface area contributed by atoms with E-state index in [0.717, 1.165) is 31.5 Å². The summed E-state index contributed by atoms with van der Waals surface area (Å²) in [6.45, 7) is 3.66. The first-order valence-electron chi connectivity index (χ1n) is 9.60. The summed E-state index contributed by atoms with van der Waals surface area (Å²) in [6, 6.07) is 15.6. The summed E-state index contributed by atoms with van der Waals surface area (Å²) in [7, 11) is -3.32. The van der Waals surface area contributed by atoms with Crippen molar-refractivity contribution in [3.63, 3.8) is 0 Å². The Morgan fingerprint density at radius 2 is 1.71 bits per heavy atom. The van der Waals surface area contributed by atoms with Crippen LogP contribution in [-0.4, -0.2) is 33.3 Å². The van der Waals surface area contributed by atoms with E-state index in [1.165, 1.54) is 0 Å². The molecule has 1 aliphatic heterocycles. The topological polar surface area (TPSA) is 87.3 Å². The molecule has 1 heterocycles. The Morgan fingerprint density at radius 1 is 1.07 bits per heavy atom. The Morgan fingerprint density at radius 3 is 2.36 bits per heavy atom. The molecule has 0 radical (unpaired) electrons. The summed E-state index contributed by atoms with van der Waals surface area (Å²) in [4.78, 5) is 12.5. The lowest BCUT2D eigenvalue weighted by Gasteiger charge is -2.22. The quantitative estimate of drug-likeness (QED) is 0.693. The lowest BCUT2D eigenvalue weighted by atomic mass is 10.0. The molecular formula is C21H27N3O3S. The Hall–Kier alpha value is -2.38. The summed E-state index contributed by atoms with van der Waals surface area (Å²) in [5.41, 5.74) is 1.57. The third-order valence-electron chi connectivity index (χ3n) is 5.03. The van der Waals surface area contributed by atoms with E-state index in [1.807, 2.05) is 37.3 Å². The molecule has 2 aromatic carbocycles. The van der Waals surface area contributed by atoms with E-state index < -0.39 is 9.84 Å². The van der Waals surface area contributed by atoms with Crippen LogP contribution in [0.15, 0.2) is 59.5 Å². The van der Waals surface area contributed by atoms with Gasteiger partial charge < -0.3 is 16.0 Å². The number of carbonyl (C=O) groups excluding carboxylic acids is 1. The van der Waals surface area contributed by atoms with Crippen molar-refractivity contribution in [2.75, 3.05) is 24.2 Å². The first-order chi connectivity index (χ1) is 13.4. The highest BCUT2D eigenvalue weighted by molar-refractivity contribution is 7.91. The molecule has 1 aliphatic rings. The summed E-state index contributed by atoms with van der Waals surface area (Å²) in [5.74, 6) is 0.380. The van der Waals surface area contributed by atoms with Crippen LogP contribution in [0, 0.1) is 5.92 Å². The van der Waals surface area contributed by atoms with Crippen molar-refractivity contribution in [2.45, 2.75) is 30.7 Å². The monoisotopic (exact) mass is 401 g/mol. The van der Waals surface area contributed by atoms with Gasteiger partial charge in [0.25, 0.3) is 0 Å². The summed E-state index contributed by atoms with van der Waals surface area (Å²) < 4.78 is 25.2. The van der Waals surface area contributed by atoms with E-state index in [4.69, 9.17) is 0 Å². The number of carbonyl (C=O) groups is 1. The standard InChI is InChI=1S/C21H27N3O3S/c1-16(18-5-3-2-4-6-18)23-21(25)24-19-7-9-20(10-8-19)28(26,27)15-17-11-13-22-14-12-17/h2-10,16-17,22H,11-15H2,1H3,(H2,23,24,25)/t16-/m0/s1. The van der Waals surface area contributed by atoms with Crippen LogP contribution in [0.25, 0.3) is 0 Å². The van der Waals surface area contributed by atoms with Crippen LogP contribution in [0.2, 0.25) is 0 Å². The fraction of sp³-hybridized carbons (Fsp3) is 0.381. The van der Waals surface area contributed by atoms with Gasteiger partial charge in [-0.25, -0.2) is 13.2 Å². The molecular weight excluding hydrogens is 374 g/mol. The van der Waals surface area contributed by atoms with Gasteiger partial charge in [-0.3, -0.25) is 0 Å². The predicted octanol–water partition coefficient (Wildman–Crippen LogP) is 3.34. The summed E-state index contributed by atoms with van der Waals surface area (Å²) in [6.07, 6.45) is 1.78. The third-order valence-corrected chi connectivity index (χ3v) is 6.93. The van der Waals surface area contributed by atoms with Gasteiger partial charge in [0.1, 0.15) is 0 Å². The van der Waals surface area contributed by atoms with Gasteiger partial charge in [-0.15, -0.1) is 0 Å². The van der Waals surface area contributed by atoms with Crippen molar-refractivity contribution in [3.8, 4) is 0 Å². The molecule has 1 atom stereocenters. The highest BCUT2D eigenvalue weighted by atomic mass is 32.2. The van der Waals surface area contributed by atoms with E-state index in [2.05, 4.69) is 16.0 Å². The van der Waals surface area contributed by atoms with Gasteiger partial charge in [0.2, 0.25) is 0 Å². The number of hydrogen-bond acceptors (Lipinski definition) is 4. The molecule has 0 spiro atoms. The fourth-order valence-corrected chi connectivity index (χ4v) is 5.09. The molecule has 3 rings (SSSR count). The predicted molar refractivity (Wildman–Crippen MR) is 111 cm³/mol. The number of benzene rings is 2. The smallest absolute Gasteiger partial charge is 0.319 e. The van der Waals surface area contributed by atoms with Gasteiger partial charge in [-0.05, 0) is 68.6 Å². The second-order valence-electron chi connectivity index (χ2n) is 7.23.